The Morgan fingerprint density at radius 1 is 1.06 bits per heavy atom. The van der Waals surface area contributed by atoms with Gasteiger partial charge in [0.1, 0.15) is 5.56 Å². The second-order valence-corrected chi connectivity index (χ2v) is 7.08. The van der Waals surface area contributed by atoms with Crippen LogP contribution in [0.3, 0.4) is 0 Å². The van der Waals surface area contributed by atoms with Gasteiger partial charge in [0.05, 0.1) is 32.7 Å². The van der Waals surface area contributed by atoms with E-state index in [1.807, 2.05) is 34.9 Å². The van der Waals surface area contributed by atoms with E-state index in [0.717, 1.165) is 11.3 Å². The lowest BCUT2D eigenvalue weighted by atomic mass is 9.87. The first-order valence-corrected chi connectivity index (χ1v) is 9.62. The van der Waals surface area contributed by atoms with E-state index in [1.54, 1.807) is 18.3 Å². The van der Waals surface area contributed by atoms with Crippen molar-refractivity contribution in [2.75, 3.05) is 26.6 Å². The summed E-state index contributed by atoms with van der Waals surface area (Å²) in [6.45, 7) is 0. The SMILES string of the molecule is COc1cc(C2CC(=O)Nc3c(C(=O)O)cn(-c4ccccc4)c32)cc(OC)c1OC. The molecular formula is C23H22N2O6. The van der Waals surface area contributed by atoms with Crippen LogP contribution in [-0.2, 0) is 4.79 Å². The maximum atomic E-state index is 12.6. The van der Waals surface area contributed by atoms with Crippen molar-refractivity contribution in [3.63, 3.8) is 0 Å². The minimum atomic E-state index is -1.11. The number of methoxy groups -OCH3 is 3. The number of carboxylic acid groups (broad SMARTS) is 1. The fourth-order valence-corrected chi connectivity index (χ4v) is 4.01. The number of rotatable bonds is 6. The van der Waals surface area contributed by atoms with Gasteiger partial charge in [0.15, 0.2) is 11.5 Å². The molecule has 3 aromatic rings. The van der Waals surface area contributed by atoms with Gasteiger partial charge in [-0.05, 0) is 29.8 Å². The van der Waals surface area contributed by atoms with E-state index < -0.39 is 11.9 Å². The molecular weight excluding hydrogens is 400 g/mol. The summed E-state index contributed by atoms with van der Waals surface area (Å²) in [6.07, 6.45) is 1.68. The third-order valence-corrected chi connectivity index (χ3v) is 5.38. The lowest BCUT2D eigenvalue weighted by molar-refractivity contribution is -0.116. The molecule has 1 unspecified atom stereocenters. The molecule has 1 atom stereocenters. The Morgan fingerprint density at radius 2 is 1.71 bits per heavy atom. The molecule has 2 N–H and O–H groups in total. The predicted molar refractivity (Wildman–Crippen MR) is 114 cm³/mol. The molecule has 1 amide bonds. The Morgan fingerprint density at radius 3 is 2.26 bits per heavy atom. The van der Waals surface area contributed by atoms with Crippen LogP contribution in [0.15, 0.2) is 48.7 Å². The van der Waals surface area contributed by atoms with Crippen LogP contribution >= 0.6 is 0 Å². The third-order valence-electron chi connectivity index (χ3n) is 5.38. The van der Waals surface area contributed by atoms with Crippen LogP contribution in [0.4, 0.5) is 5.69 Å². The highest BCUT2D eigenvalue weighted by Gasteiger charge is 2.35. The summed E-state index contributed by atoms with van der Waals surface area (Å²) < 4.78 is 18.2. The van der Waals surface area contributed by atoms with Crippen molar-refractivity contribution in [3.05, 3.63) is 65.5 Å². The highest BCUT2D eigenvalue weighted by Crippen LogP contribution is 2.46. The van der Waals surface area contributed by atoms with Gasteiger partial charge in [-0.25, -0.2) is 4.79 Å². The lowest BCUT2D eigenvalue weighted by Crippen LogP contribution is -2.25. The number of fused-ring (bicyclic) bond motifs is 1. The van der Waals surface area contributed by atoms with Crippen LogP contribution in [0.2, 0.25) is 0 Å². The smallest absolute Gasteiger partial charge is 0.339 e. The molecule has 4 rings (SSSR count). The normalized spacial score (nSPS) is 15.1. The largest absolute Gasteiger partial charge is 0.493 e. The molecule has 2 aromatic carbocycles. The average Bonchev–Trinajstić information content (AvgIpc) is 3.17. The van der Waals surface area contributed by atoms with E-state index in [9.17, 15) is 14.7 Å². The Balaban J connectivity index is 1.98. The lowest BCUT2D eigenvalue weighted by Gasteiger charge is -2.27. The van der Waals surface area contributed by atoms with Crippen LogP contribution in [-0.4, -0.2) is 42.9 Å². The zero-order valence-corrected chi connectivity index (χ0v) is 17.3. The Bertz CT molecular complexity index is 1130. The standard InChI is InChI=1S/C23H22N2O6/c1-29-17-9-13(10-18(30-2)22(17)31-3)15-11-19(26)24-20-16(23(27)28)12-25(21(15)20)14-7-5-4-6-8-14/h4-10,12,15H,11H2,1-3H3,(H,24,26)(H,27,28). The number of aromatic carboxylic acids is 1. The number of para-hydroxylation sites is 1. The fourth-order valence-electron chi connectivity index (χ4n) is 4.01. The molecule has 0 radical (unpaired) electrons. The number of amides is 1. The molecule has 8 nitrogen and oxygen atoms in total. The Hall–Kier alpha value is -3.94. The van der Waals surface area contributed by atoms with Gasteiger partial charge in [-0.1, -0.05) is 18.2 Å². The molecule has 2 heterocycles. The van der Waals surface area contributed by atoms with E-state index in [0.29, 0.717) is 28.6 Å². The summed E-state index contributed by atoms with van der Waals surface area (Å²) in [7, 11) is 4.57. The van der Waals surface area contributed by atoms with Gasteiger partial charge < -0.3 is 29.2 Å². The van der Waals surface area contributed by atoms with E-state index in [1.165, 1.54) is 21.3 Å². The highest BCUT2D eigenvalue weighted by molar-refractivity contribution is 6.04. The number of nitrogens with one attached hydrogen (secondary N) is 1. The summed E-state index contributed by atoms with van der Waals surface area (Å²) in [5, 5.41) is 12.5. The molecule has 31 heavy (non-hydrogen) atoms. The molecule has 0 spiro atoms. The minimum absolute atomic E-state index is 0.0318. The number of benzene rings is 2. The zero-order chi connectivity index (χ0) is 22.1. The monoisotopic (exact) mass is 422 g/mol. The van der Waals surface area contributed by atoms with Crippen LogP contribution in [0, 0.1) is 0 Å². The maximum Gasteiger partial charge on any atom is 0.339 e. The van der Waals surface area contributed by atoms with E-state index in [4.69, 9.17) is 14.2 Å². The van der Waals surface area contributed by atoms with Crippen LogP contribution in [0.1, 0.15) is 34.0 Å². The Labute approximate surface area is 179 Å². The number of nitrogens with zero attached hydrogens (tertiary/aromatic N) is 1. The fraction of sp³-hybridized carbons (Fsp3) is 0.217. The van der Waals surface area contributed by atoms with Gasteiger partial charge >= 0.3 is 5.97 Å². The van der Waals surface area contributed by atoms with Crippen molar-refractivity contribution in [3.8, 4) is 22.9 Å². The molecule has 1 aliphatic heterocycles. The minimum Gasteiger partial charge on any atom is -0.493 e. The van der Waals surface area contributed by atoms with E-state index in [-0.39, 0.29) is 17.9 Å². The van der Waals surface area contributed by atoms with Crippen LogP contribution in [0.25, 0.3) is 5.69 Å². The number of anilines is 1. The predicted octanol–water partition coefficient (Wildman–Crippen LogP) is 3.68. The highest BCUT2D eigenvalue weighted by atomic mass is 16.5. The number of ether oxygens (including phenoxy) is 3. The number of carboxylic acids is 1. The average molecular weight is 422 g/mol. The van der Waals surface area contributed by atoms with Crippen molar-refractivity contribution in [2.45, 2.75) is 12.3 Å². The van der Waals surface area contributed by atoms with Crippen molar-refractivity contribution >= 4 is 17.6 Å². The number of aromatic nitrogens is 1. The molecule has 0 bridgehead atoms. The van der Waals surface area contributed by atoms with Crippen molar-refractivity contribution in [2.24, 2.45) is 0 Å². The van der Waals surface area contributed by atoms with Gasteiger partial charge in [-0.2, -0.15) is 0 Å². The molecule has 0 aliphatic carbocycles. The third kappa shape index (κ3) is 3.46. The molecule has 160 valence electrons. The van der Waals surface area contributed by atoms with E-state index >= 15 is 0 Å². The van der Waals surface area contributed by atoms with Gasteiger partial charge in [0.2, 0.25) is 11.7 Å². The summed E-state index contributed by atoms with van der Waals surface area (Å²) in [5.74, 6) is -0.442. The molecule has 0 saturated carbocycles. The molecule has 1 aliphatic rings. The quantitative estimate of drug-likeness (QED) is 0.629. The molecule has 8 heteroatoms. The number of carbonyl (C=O) groups excluding carboxylic acids is 1. The first-order chi connectivity index (χ1) is 15.0. The second-order valence-electron chi connectivity index (χ2n) is 7.08. The van der Waals surface area contributed by atoms with Crippen molar-refractivity contribution in [1.82, 2.24) is 4.57 Å². The summed E-state index contributed by atoms with van der Waals surface area (Å²) in [5.41, 5.74) is 2.55. The summed E-state index contributed by atoms with van der Waals surface area (Å²) in [4.78, 5) is 24.5. The number of hydrogen-bond acceptors (Lipinski definition) is 5. The first-order valence-electron chi connectivity index (χ1n) is 9.62. The number of carbonyl (C=O) groups is 2. The van der Waals surface area contributed by atoms with Crippen LogP contribution < -0.4 is 19.5 Å². The topological polar surface area (TPSA) is 99.0 Å². The zero-order valence-electron chi connectivity index (χ0n) is 17.3. The molecule has 0 saturated heterocycles. The second kappa shape index (κ2) is 8.06. The van der Waals surface area contributed by atoms with Gasteiger partial charge in [-0.3, -0.25) is 4.79 Å². The van der Waals surface area contributed by atoms with Crippen molar-refractivity contribution < 1.29 is 28.9 Å². The van der Waals surface area contributed by atoms with Gasteiger partial charge in [-0.15, -0.1) is 0 Å². The van der Waals surface area contributed by atoms with Gasteiger partial charge in [0, 0.05) is 24.2 Å². The maximum absolute atomic E-state index is 12.6. The molecule has 0 fully saturated rings. The van der Waals surface area contributed by atoms with Crippen molar-refractivity contribution in [1.29, 1.82) is 0 Å². The molecule has 1 aromatic heterocycles. The van der Waals surface area contributed by atoms with E-state index in [2.05, 4.69) is 5.32 Å². The van der Waals surface area contributed by atoms with Crippen LogP contribution in [0.5, 0.6) is 17.2 Å². The number of hydrogen-bond donors (Lipinski definition) is 2. The first kappa shape index (κ1) is 20.3. The van der Waals surface area contributed by atoms with Gasteiger partial charge in [0.25, 0.3) is 0 Å². The Kier molecular flexibility index (Phi) is 5.29. The summed E-state index contributed by atoms with van der Waals surface area (Å²) >= 11 is 0. The summed E-state index contributed by atoms with van der Waals surface area (Å²) in [6, 6.07) is 13.0.